The van der Waals surface area contributed by atoms with Gasteiger partial charge < -0.3 is 10.4 Å². The van der Waals surface area contributed by atoms with Gasteiger partial charge in [0.1, 0.15) is 0 Å². The highest BCUT2D eigenvalue weighted by Gasteiger charge is 2.23. The number of nitrogens with one attached hydrogen (secondary N) is 1. The minimum absolute atomic E-state index is 0.117. The Morgan fingerprint density at radius 2 is 2.17 bits per heavy atom. The molecular weight excluding hydrogens is 228 g/mol. The maximum Gasteiger partial charge on any atom is 0.251 e. The second-order valence-electron chi connectivity index (χ2n) is 4.97. The van der Waals surface area contributed by atoms with E-state index in [-0.39, 0.29) is 11.9 Å². The molecule has 1 heterocycles. The van der Waals surface area contributed by atoms with Gasteiger partial charge in [0.2, 0.25) is 0 Å². The number of carbonyl (C=O) groups excluding carboxylic acids is 1. The van der Waals surface area contributed by atoms with Crippen LogP contribution in [0.15, 0.2) is 18.3 Å². The van der Waals surface area contributed by atoms with Crippen molar-refractivity contribution < 1.29 is 9.90 Å². The van der Waals surface area contributed by atoms with Gasteiger partial charge in [-0.25, -0.2) is 0 Å². The van der Waals surface area contributed by atoms with Crippen LogP contribution in [0.4, 0.5) is 0 Å². The number of nitrogens with zero attached hydrogens (tertiary/aromatic N) is 1. The average Bonchev–Trinajstić information content (AvgIpc) is 2.55. The summed E-state index contributed by atoms with van der Waals surface area (Å²) in [5.74, 6) is -0.119. The molecule has 2 N–H and O–H groups in total. The number of hydrogen-bond donors (Lipinski definition) is 2. The molecule has 0 radical (unpaired) electrons. The highest BCUT2D eigenvalue weighted by Crippen LogP contribution is 2.18. The maximum atomic E-state index is 12.1. The van der Waals surface area contributed by atoms with Gasteiger partial charge in [0, 0.05) is 17.5 Å². The molecule has 4 heteroatoms. The zero-order valence-electron chi connectivity index (χ0n) is 10.7. The zero-order chi connectivity index (χ0) is 13.0. The number of amides is 1. The molecule has 2 unspecified atom stereocenters. The van der Waals surface area contributed by atoms with Crippen molar-refractivity contribution in [3.05, 3.63) is 29.6 Å². The summed E-state index contributed by atoms with van der Waals surface area (Å²) in [6, 6.07) is 3.34. The van der Waals surface area contributed by atoms with Crippen LogP contribution in [0.5, 0.6) is 0 Å². The molecule has 1 aliphatic carbocycles. The molecular formula is C14H20N2O2. The number of aliphatic hydroxyl groups excluding tert-OH is 1. The van der Waals surface area contributed by atoms with Crippen molar-refractivity contribution in [1.82, 2.24) is 10.3 Å². The van der Waals surface area contributed by atoms with Crippen molar-refractivity contribution >= 4 is 5.91 Å². The van der Waals surface area contributed by atoms with E-state index in [0.717, 1.165) is 37.8 Å². The summed E-state index contributed by atoms with van der Waals surface area (Å²) in [6.45, 7) is 1.86. The predicted octanol–water partition coefficient (Wildman–Crippen LogP) is 1.81. The summed E-state index contributed by atoms with van der Waals surface area (Å²) in [5, 5.41) is 12.9. The Morgan fingerprint density at radius 3 is 2.94 bits per heavy atom. The van der Waals surface area contributed by atoms with Crippen LogP contribution in [0.2, 0.25) is 0 Å². The normalized spacial score (nSPS) is 24.3. The molecule has 1 saturated carbocycles. The second-order valence-corrected chi connectivity index (χ2v) is 4.97. The second kappa shape index (κ2) is 5.96. The van der Waals surface area contributed by atoms with Crippen molar-refractivity contribution in [3.8, 4) is 0 Å². The van der Waals surface area contributed by atoms with Gasteiger partial charge in [0.05, 0.1) is 12.1 Å². The molecule has 0 aromatic carbocycles. The van der Waals surface area contributed by atoms with Crippen molar-refractivity contribution in [2.75, 3.05) is 0 Å². The Labute approximate surface area is 107 Å². The molecule has 1 aliphatic rings. The number of aliphatic hydroxyl groups is 1. The third-order valence-electron chi connectivity index (χ3n) is 3.45. The standard InChI is InChI=1S/C14H20N2O2/c1-10-9-11(7-8-15-10)14(18)16-12-5-3-2-4-6-13(12)17/h7-9,12-13,17H,2-6H2,1H3,(H,16,18). The third-order valence-corrected chi connectivity index (χ3v) is 3.45. The van der Waals surface area contributed by atoms with Crippen LogP contribution in [0.1, 0.15) is 48.2 Å². The van der Waals surface area contributed by atoms with Gasteiger partial charge in [-0.1, -0.05) is 19.3 Å². The average molecular weight is 248 g/mol. The van der Waals surface area contributed by atoms with Gasteiger partial charge in [0.25, 0.3) is 5.91 Å². The van der Waals surface area contributed by atoms with E-state index in [9.17, 15) is 9.90 Å². The maximum absolute atomic E-state index is 12.1. The first-order valence-electron chi connectivity index (χ1n) is 6.58. The lowest BCUT2D eigenvalue weighted by molar-refractivity contribution is 0.0818. The van der Waals surface area contributed by atoms with Crippen LogP contribution in [-0.4, -0.2) is 28.1 Å². The summed E-state index contributed by atoms with van der Waals surface area (Å²) >= 11 is 0. The zero-order valence-corrected chi connectivity index (χ0v) is 10.7. The van der Waals surface area contributed by atoms with E-state index >= 15 is 0 Å². The van der Waals surface area contributed by atoms with Gasteiger partial charge >= 0.3 is 0 Å². The molecule has 2 rings (SSSR count). The Hall–Kier alpha value is -1.42. The van der Waals surface area contributed by atoms with Gasteiger partial charge in [-0.2, -0.15) is 0 Å². The summed E-state index contributed by atoms with van der Waals surface area (Å²) in [4.78, 5) is 16.1. The first-order valence-corrected chi connectivity index (χ1v) is 6.58. The largest absolute Gasteiger partial charge is 0.391 e. The van der Waals surface area contributed by atoms with E-state index in [2.05, 4.69) is 10.3 Å². The molecule has 1 amide bonds. The molecule has 4 nitrogen and oxygen atoms in total. The summed E-state index contributed by atoms with van der Waals surface area (Å²) in [6.07, 6.45) is 6.10. The van der Waals surface area contributed by atoms with Crippen molar-refractivity contribution in [2.45, 2.75) is 51.2 Å². The lowest BCUT2D eigenvalue weighted by atomic mass is 10.1. The fourth-order valence-corrected chi connectivity index (χ4v) is 2.39. The lowest BCUT2D eigenvalue weighted by Crippen LogP contribution is -2.42. The highest BCUT2D eigenvalue weighted by molar-refractivity contribution is 5.94. The predicted molar refractivity (Wildman–Crippen MR) is 69.3 cm³/mol. The number of hydrogen-bond acceptors (Lipinski definition) is 3. The number of aromatic nitrogens is 1. The van der Waals surface area contributed by atoms with Gasteiger partial charge in [0.15, 0.2) is 0 Å². The smallest absolute Gasteiger partial charge is 0.251 e. The van der Waals surface area contributed by atoms with Crippen LogP contribution >= 0.6 is 0 Å². The van der Waals surface area contributed by atoms with E-state index in [4.69, 9.17) is 0 Å². The number of carbonyl (C=O) groups is 1. The summed E-state index contributed by atoms with van der Waals surface area (Å²) in [7, 11) is 0. The molecule has 18 heavy (non-hydrogen) atoms. The minimum Gasteiger partial charge on any atom is -0.391 e. The quantitative estimate of drug-likeness (QED) is 0.785. The monoisotopic (exact) mass is 248 g/mol. The van der Waals surface area contributed by atoms with Crippen LogP contribution < -0.4 is 5.32 Å². The number of rotatable bonds is 2. The summed E-state index contributed by atoms with van der Waals surface area (Å²) < 4.78 is 0. The molecule has 1 aromatic heterocycles. The molecule has 98 valence electrons. The van der Waals surface area contributed by atoms with Crippen LogP contribution in [0.25, 0.3) is 0 Å². The SMILES string of the molecule is Cc1cc(C(=O)NC2CCCCCC2O)ccn1. The van der Waals surface area contributed by atoms with E-state index in [1.165, 1.54) is 0 Å². The Bertz CT molecular complexity index is 420. The fraction of sp³-hybridized carbons (Fsp3) is 0.571. The van der Waals surface area contributed by atoms with Crippen molar-refractivity contribution in [3.63, 3.8) is 0 Å². The minimum atomic E-state index is -0.417. The molecule has 1 aromatic rings. The molecule has 0 aliphatic heterocycles. The van der Waals surface area contributed by atoms with Gasteiger partial charge in [-0.3, -0.25) is 9.78 Å². The number of pyridine rings is 1. The van der Waals surface area contributed by atoms with E-state index < -0.39 is 6.10 Å². The van der Waals surface area contributed by atoms with Crippen molar-refractivity contribution in [1.29, 1.82) is 0 Å². The fourth-order valence-electron chi connectivity index (χ4n) is 2.39. The molecule has 0 saturated heterocycles. The van der Waals surface area contributed by atoms with Crippen LogP contribution in [0, 0.1) is 6.92 Å². The highest BCUT2D eigenvalue weighted by atomic mass is 16.3. The first-order chi connectivity index (χ1) is 8.66. The molecule has 2 atom stereocenters. The van der Waals surface area contributed by atoms with E-state index in [1.54, 1.807) is 18.3 Å². The Morgan fingerprint density at radius 1 is 1.39 bits per heavy atom. The lowest BCUT2D eigenvalue weighted by Gasteiger charge is -2.21. The van der Waals surface area contributed by atoms with Gasteiger partial charge in [-0.05, 0) is 31.9 Å². The Balaban J connectivity index is 2.01. The van der Waals surface area contributed by atoms with Crippen molar-refractivity contribution in [2.24, 2.45) is 0 Å². The van der Waals surface area contributed by atoms with E-state index in [1.807, 2.05) is 6.92 Å². The molecule has 1 fully saturated rings. The molecule has 0 bridgehead atoms. The third kappa shape index (κ3) is 3.29. The van der Waals surface area contributed by atoms with Crippen LogP contribution in [0.3, 0.4) is 0 Å². The van der Waals surface area contributed by atoms with Crippen LogP contribution in [-0.2, 0) is 0 Å². The van der Waals surface area contributed by atoms with Gasteiger partial charge in [-0.15, -0.1) is 0 Å². The Kier molecular flexibility index (Phi) is 4.31. The summed E-state index contributed by atoms with van der Waals surface area (Å²) in [5.41, 5.74) is 1.43. The molecule has 0 spiro atoms. The topological polar surface area (TPSA) is 62.2 Å². The number of aryl methyl sites for hydroxylation is 1. The van der Waals surface area contributed by atoms with E-state index in [0.29, 0.717) is 5.56 Å². The first kappa shape index (κ1) is 13.0.